The van der Waals surface area contributed by atoms with Crippen LogP contribution in [0.15, 0.2) is 42.9 Å². The molecule has 1 N–H and O–H groups in total. The number of hydrogen-bond acceptors (Lipinski definition) is 5. The highest BCUT2D eigenvalue weighted by Crippen LogP contribution is 2.38. The minimum Gasteiger partial charge on any atom is -0.376 e. The molecule has 0 aliphatic carbocycles. The van der Waals surface area contributed by atoms with E-state index in [0.29, 0.717) is 5.82 Å². The smallest absolute Gasteiger partial charge is 0.260 e. The van der Waals surface area contributed by atoms with Crippen molar-refractivity contribution < 1.29 is 4.79 Å². The molecular formula is C19H20N4OS2. The highest BCUT2D eigenvalue weighted by molar-refractivity contribution is 7.98. The fourth-order valence-electron chi connectivity index (χ4n) is 3.01. The van der Waals surface area contributed by atoms with Crippen molar-refractivity contribution in [1.82, 2.24) is 9.55 Å². The lowest BCUT2D eigenvalue weighted by molar-refractivity contribution is 0.102. The van der Waals surface area contributed by atoms with Crippen molar-refractivity contribution in [3.63, 3.8) is 0 Å². The quantitative estimate of drug-likeness (QED) is 0.737. The summed E-state index contributed by atoms with van der Waals surface area (Å²) in [5.41, 5.74) is 2.99. The molecular weight excluding hydrogens is 364 g/mol. The molecule has 0 radical (unpaired) electrons. The van der Waals surface area contributed by atoms with E-state index in [2.05, 4.69) is 10.3 Å². The molecule has 0 saturated carbocycles. The first-order valence-corrected chi connectivity index (χ1v) is 10.4. The summed E-state index contributed by atoms with van der Waals surface area (Å²) in [5, 5.41) is 3.97. The molecule has 1 aliphatic heterocycles. The Morgan fingerprint density at radius 2 is 2.08 bits per heavy atom. The number of hydrogen-bond donors (Lipinski definition) is 1. The highest BCUT2D eigenvalue weighted by atomic mass is 32.2. The average molecular weight is 385 g/mol. The predicted molar refractivity (Wildman–Crippen MR) is 110 cm³/mol. The minimum atomic E-state index is -0.0804. The Morgan fingerprint density at radius 1 is 1.27 bits per heavy atom. The summed E-state index contributed by atoms with van der Waals surface area (Å²) in [4.78, 5) is 20.8. The Hall–Kier alpha value is -2.25. The van der Waals surface area contributed by atoms with Crippen LogP contribution in [-0.2, 0) is 12.2 Å². The van der Waals surface area contributed by atoms with Crippen molar-refractivity contribution in [2.24, 2.45) is 0 Å². The monoisotopic (exact) mass is 384 g/mol. The van der Waals surface area contributed by atoms with Gasteiger partial charge in [0.25, 0.3) is 5.91 Å². The molecule has 0 aromatic carbocycles. The lowest BCUT2D eigenvalue weighted by atomic mass is 10.1. The molecule has 0 atom stereocenters. The largest absolute Gasteiger partial charge is 0.376 e. The van der Waals surface area contributed by atoms with Crippen molar-refractivity contribution in [3.05, 3.63) is 58.9 Å². The third-order valence-corrected chi connectivity index (χ3v) is 6.79. The van der Waals surface area contributed by atoms with Gasteiger partial charge in [-0.25, -0.2) is 4.98 Å². The SMILES string of the molecule is CN(C)c1ccc(NC(=O)c2c(-n3cccc3)sc3c2CCSC3)nc1. The molecule has 4 rings (SSSR count). The first kappa shape index (κ1) is 17.2. The highest BCUT2D eigenvalue weighted by Gasteiger charge is 2.26. The number of nitrogens with zero attached hydrogens (tertiary/aromatic N) is 3. The van der Waals surface area contributed by atoms with E-state index in [1.54, 1.807) is 17.5 Å². The van der Waals surface area contributed by atoms with Crippen molar-refractivity contribution in [3.8, 4) is 5.00 Å². The van der Waals surface area contributed by atoms with E-state index in [9.17, 15) is 4.79 Å². The first-order valence-electron chi connectivity index (χ1n) is 8.44. The number of carbonyl (C=O) groups is 1. The average Bonchev–Trinajstić information content (AvgIpc) is 3.29. The minimum absolute atomic E-state index is 0.0804. The van der Waals surface area contributed by atoms with Crippen LogP contribution in [-0.4, -0.2) is 35.3 Å². The topological polar surface area (TPSA) is 50.2 Å². The second kappa shape index (κ2) is 7.17. The van der Waals surface area contributed by atoms with Gasteiger partial charge in [0.1, 0.15) is 10.8 Å². The first-order chi connectivity index (χ1) is 12.6. The molecule has 0 spiro atoms. The number of carbonyl (C=O) groups excluding carboxylic acids is 1. The lowest BCUT2D eigenvalue weighted by Crippen LogP contribution is -2.17. The van der Waals surface area contributed by atoms with Gasteiger partial charge in [0.2, 0.25) is 0 Å². The number of pyridine rings is 1. The van der Waals surface area contributed by atoms with Gasteiger partial charge in [-0.15, -0.1) is 11.3 Å². The van der Waals surface area contributed by atoms with Crippen molar-refractivity contribution in [2.45, 2.75) is 12.2 Å². The standard InChI is InChI=1S/C19H20N4OS2/c1-22(2)13-5-6-16(20-11-13)21-18(24)17-14-7-10-25-12-15(14)26-19(17)23-8-3-4-9-23/h3-6,8-9,11H,7,10,12H2,1-2H3,(H,20,21,24). The zero-order valence-electron chi connectivity index (χ0n) is 14.7. The number of rotatable bonds is 4. The van der Waals surface area contributed by atoms with Gasteiger partial charge in [-0.2, -0.15) is 11.8 Å². The lowest BCUT2D eigenvalue weighted by Gasteiger charge is -2.14. The Labute approximate surface area is 161 Å². The Bertz CT molecular complexity index is 914. The van der Waals surface area contributed by atoms with Crippen LogP contribution in [0, 0.1) is 0 Å². The van der Waals surface area contributed by atoms with E-state index in [1.165, 1.54) is 10.4 Å². The maximum Gasteiger partial charge on any atom is 0.260 e. The third kappa shape index (κ3) is 3.24. The van der Waals surface area contributed by atoms with Gasteiger partial charge in [0, 0.05) is 37.1 Å². The molecule has 26 heavy (non-hydrogen) atoms. The second-order valence-corrected chi connectivity index (χ2v) is 8.52. The number of thiophene rings is 1. The molecule has 1 aliphatic rings. The van der Waals surface area contributed by atoms with E-state index in [4.69, 9.17) is 0 Å². The van der Waals surface area contributed by atoms with Gasteiger partial charge in [-0.1, -0.05) is 0 Å². The molecule has 134 valence electrons. The predicted octanol–water partition coefficient (Wildman–Crippen LogP) is 4.04. The molecule has 0 bridgehead atoms. The molecule has 0 fully saturated rings. The maximum atomic E-state index is 13.1. The van der Waals surface area contributed by atoms with Crippen LogP contribution < -0.4 is 10.2 Å². The number of aromatic nitrogens is 2. The number of anilines is 2. The van der Waals surface area contributed by atoms with E-state index in [1.807, 2.05) is 72.0 Å². The second-order valence-electron chi connectivity index (χ2n) is 6.33. The van der Waals surface area contributed by atoms with Crippen LogP contribution in [0.2, 0.25) is 0 Å². The van der Waals surface area contributed by atoms with Crippen LogP contribution in [0.5, 0.6) is 0 Å². The van der Waals surface area contributed by atoms with Crippen LogP contribution in [0.4, 0.5) is 11.5 Å². The molecule has 3 aromatic rings. The molecule has 1 amide bonds. The van der Waals surface area contributed by atoms with Crippen LogP contribution >= 0.6 is 23.1 Å². The number of thioether (sulfide) groups is 1. The molecule has 3 aromatic heterocycles. The van der Waals surface area contributed by atoms with E-state index in [0.717, 1.165) is 34.2 Å². The van der Waals surface area contributed by atoms with Crippen LogP contribution in [0.25, 0.3) is 5.00 Å². The molecule has 0 saturated heterocycles. The fraction of sp³-hybridized carbons (Fsp3) is 0.263. The molecule has 4 heterocycles. The Kier molecular flexibility index (Phi) is 4.74. The zero-order chi connectivity index (χ0) is 18.1. The number of fused-ring (bicyclic) bond motifs is 1. The van der Waals surface area contributed by atoms with Gasteiger partial charge in [-0.05, 0) is 42.0 Å². The zero-order valence-corrected chi connectivity index (χ0v) is 16.4. The van der Waals surface area contributed by atoms with Crippen LogP contribution in [0.1, 0.15) is 20.8 Å². The Balaban J connectivity index is 1.67. The summed E-state index contributed by atoms with van der Waals surface area (Å²) < 4.78 is 2.03. The summed E-state index contributed by atoms with van der Waals surface area (Å²) in [5.74, 6) is 2.54. The molecule has 5 nitrogen and oxygen atoms in total. The van der Waals surface area contributed by atoms with E-state index < -0.39 is 0 Å². The molecule has 7 heteroatoms. The van der Waals surface area contributed by atoms with Crippen molar-refractivity contribution >= 4 is 40.5 Å². The normalized spacial score (nSPS) is 13.3. The van der Waals surface area contributed by atoms with E-state index >= 15 is 0 Å². The summed E-state index contributed by atoms with van der Waals surface area (Å²) >= 11 is 3.65. The Morgan fingerprint density at radius 3 is 2.77 bits per heavy atom. The number of amides is 1. The summed E-state index contributed by atoms with van der Waals surface area (Å²) in [6, 6.07) is 7.76. The number of nitrogens with one attached hydrogen (secondary N) is 1. The van der Waals surface area contributed by atoms with E-state index in [-0.39, 0.29) is 5.91 Å². The van der Waals surface area contributed by atoms with Crippen molar-refractivity contribution in [2.75, 3.05) is 30.1 Å². The van der Waals surface area contributed by atoms with Gasteiger partial charge in [0.05, 0.1) is 17.4 Å². The van der Waals surface area contributed by atoms with Crippen LogP contribution in [0.3, 0.4) is 0 Å². The summed E-state index contributed by atoms with van der Waals surface area (Å²) in [6.45, 7) is 0. The summed E-state index contributed by atoms with van der Waals surface area (Å²) in [7, 11) is 3.93. The van der Waals surface area contributed by atoms with Gasteiger partial charge in [-0.3, -0.25) is 4.79 Å². The maximum absolute atomic E-state index is 13.1. The van der Waals surface area contributed by atoms with Crippen molar-refractivity contribution in [1.29, 1.82) is 0 Å². The third-order valence-electron chi connectivity index (χ3n) is 4.37. The summed E-state index contributed by atoms with van der Waals surface area (Å²) in [6.07, 6.45) is 6.69. The fourth-order valence-corrected chi connectivity index (χ4v) is 5.45. The van der Waals surface area contributed by atoms with Gasteiger partial charge >= 0.3 is 0 Å². The van der Waals surface area contributed by atoms with Gasteiger partial charge in [0.15, 0.2) is 0 Å². The van der Waals surface area contributed by atoms with Gasteiger partial charge < -0.3 is 14.8 Å². The molecule has 0 unspecified atom stereocenters.